The van der Waals surface area contributed by atoms with Gasteiger partial charge in [-0.05, 0) is 49.1 Å². The summed E-state index contributed by atoms with van der Waals surface area (Å²) in [5, 5.41) is 3.00. The number of hydrogen-bond donors (Lipinski definition) is 1. The number of aryl methyl sites for hydroxylation is 2. The standard InChI is InChI=1S/C23H22FN3O2/c1-15-13-27(14-25-15)20-11-8-17(22(24)23(20)29-2)9-12-21(28)26-19-10-7-16-5-3-4-6-18(16)19/h3-6,8-9,11-14,19H,7,10H2,1-2H3,(H,26,28)/b12-9+. The molecule has 2 aromatic carbocycles. The molecule has 1 aliphatic carbocycles. The van der Waals surface area contributed by atoms with E-state index in [0.29, 0.717) is 5.69 Å². The fraction of sp³-hybridized carbons (Fsp3) is 0.217. The smallest absolute Gasteiger partial charge is 0.244 e. The van der Waals surface area contributed by atoms with Crippen molar-refractivity contribution in [3.8, 4) is 11.4 Å². The molecule has 0 spiro atoms. The van der Waals surface area contributed by atoms with Gasteiger partial charge in [0.2, 0.25) is 5.91 Å². The van der Waals surface area contributed by atoms with Crippen molar-refractivity contribution in [2.75, 3.05) is 7.11 Å². The van der Waals surface area contributed by atoms with Gasteiger partial charge in [0, 0.05) is 17.8 Å². The van der Waals surface area contributed by atoms with Crippen LogP contribution >= 0.6 is 0 Å². The zero-order valence-electron chi connectivity index (χ0n) is 16.4. The van der Waals surface area contributed by atoms with Crippen molar-refractivity contribution >= 4 is 12.0 Å². The molecule has 1 unspecified atom stereocenters. The first-order chi connectivity index (χ1) is 14.1. The minimum absolute atomic E-state index is 0.00501. The predicted molar refractivity (Wildman–Crippen MR) is 109 cm³/mol. The molecule has 1 atom stereocenters. The number of aromatic nitrogens is 2. The third-order valence-electron chi connectivity index (χ3n) is 5.16. The summed E-state index contributed by atoms with van der Waals surface area (Å²) >= 11 is 0. The lowest BCUT2D eigenvalue weighted by Crippen LogP contribution is -2.25. The van der Waals surface area contributed by atoms with E-state index in [1.165, 1.54) is 24.8 Å². The van der Waals surface area contributed by atoms with Crippen LogP contribution in [0.4, 0.5) is 4.39 Å². The van der Waals surface area contributed by atoms with Crippen molar-refractivity contribution in [3.63, 3.8) is 0 Å². The van der Waals surface area contributed by atoms with Crippen LogP contribution in [-0.2, 0) is 11.2 Å². The normalized spacial score (nSPS) is 15.5. The van der Waals surface area contributed by atoms with Gasteiger partial charge in [-0.1, -0.05) is 24.3 Å². The molecule has 3 aromatic rings. The maximum Gasteiger partial charge on any atom is 0.244 e. The van der Waals surface area contributed by atoms with Gasteiger partial charge in [-0.3, -0.25) is 4.79 Å². The van der Waals surface area contributed by atoms with Gasteiger partial charge in [0.15, 0.2) is 11.6 Å². The van der Waals surface area contributed by atoms with Crippen molar-refractivity contribution in [2.45, 2.75) is 25.8 Å². The first-order valence-electron chi connectivity index (χ1n) is 9.50. The molecule has 0 fully saturated rings. The maximum absolute atomic E-state index is 14.9. The highest BCUT2D eigenvalue weighted by Gasteiger charge is 2.22. The summed E-state index contributed by atoms with van der Waals surface area (Å²) in [6, 6.07) is 11.5. The molecular weight excluding hydrogens is 369 g/mol. The molecular formula is C23H22FN3O2. The lowest BCUT2D eigenvalue weighted by Gasteiger charge is -2.13. The SMILES string of the molecule is COc1c(-n2cnc(C)c2)ccc(/C=C/C(=O)NC2CCc3ccccc32)c1F. The van der Waals surface area contributed by atoms with E-state index in [4.69, 9.17) is 4.74 Å². The van der Waals surface area contributed by atoms with E-state index in [-0.39, 0.29) is 23.3 Å². The molecule has 0 aliphatic heterocycles. The Labute approximate surface area is 168 Å². The van der Waals surface area contributed by atoms with Crippen LogP contribution in [0, 0.1) is 12.7 Å². The molecule has 4 rings (SSSR count). The second-order valence-electron chi connectivity index (χ2n) is 7.08. The average molecular weight is 391 g/mol. The summed E-state index contributed by atoms with van der Waals surface area (Å²) in [5.74, 6) is -0.666. The van der Waals surface area contributed by atoms with Gasteiger partial charge in [0.1, 0.15) is 0 Å². The Hall–Kier alpha value is -3.41. The van der Waals surface area contributed by atoms with Crippen molar-refractivity contribution in [1.29, 1.82) is 0 Å². The minimum atomic E-state index is -0.522. The van der Waals surface area contributed by atoms with Crippen LogP contribution in [0.2, 0.25) is 0 Å². The highest BCUT2D eigenvalue weighted by molar-refractivity contribution is 5.92. The van der Waals surface area contributed by atoms with Crippen LogP contribution in [0.3, 0.4) is 0 Å². The first-order valence-corrected chi connectivity index (χ1v) is 9.50. The summed E-state index contributed by atoms with van der Waals surface area (Å²) in [7, 11) is 1.42. The van der Waals surface area contributed by atoms with E-state index < -0.39 is 5.82 Å². The Morgan fingerprint density at radius 2 is 2.14 bits per heavy atom. The van der Waals surface area contributed by atoms with Crippen molar-refractivity contribution < 1.29 is 13.9 Å². The second-order valence-corrected chi connectivity index (χ2v) is 7.08. The number of hydrogen-bond acceptors (Lipinski definition) is 3. The van der Waals surface area contributed by atoms with E-state index in [1.54, 1.807) is 29.2 Å². The van der Waals surface area contributed by atoms with Crippen molar-refractivity contribution in [2.24, 2.45) is 0 Å². The number of fused-ring (bicyclic) bond motifs is 1. The van der Waals surface area contributed by atoms with Crippen LogP contribution in [0.5, 0.6) is 5.75 Å². The van der Waals surface area contributed by atoms with Gasteiger partial charge >= 0.3 is 0 Å². The van der Waals surface area contributed by atoms with Gasteiger partial charge in [0.25, 0.3) is 0 Å². The number of rotatable bonds is 5. The molecule has 148 valence electrons. The summed E-state index contributed by atoms with van der Waals surface area (Å²) < 4.78 is 21.9. The number of imidazole rings is 1. The number of nitrogens with zero attached hydrogens (tertiary/aromatic N) is 2. The largest absolute Gasteiger partial charge is 0.492 e. The Bertz CT molecular complexity index is 1090. The van der Waals surface area contributed by atoms with E-state index in [2.05, 4.69) is 16.4 Å². The van der Waals surface area contributed by atoms with Crippen LogP contribution in [0.25, 0.3) is 11.8 Å². The third kappa shape index (κ3) is 3.78. The zero-order chi connectivity index (χ0) is 20.4. The van der Waals surface area contributed by atoms with Gasteiger partial charge in [-0.25, -0.2) is 9.37 Å². The molecule has 1 heterocycles. The fourth-order valence-electron chi connectivity index (χ4n) is 3.73. The van der Waals surface area contributed by atoms with E-state index in [1.807, 2.05) is 25.1 Å². The highest BCUT2D eigenvalue weighted by atomic mass is 19.1. The Morgan fingerprint density at radius 1 is 1.31 bits per heavy atom. The Kier molecular flexibility index (Phi) is 5.16. The minimum Gasteiger partial charge on any atom is -0.492 e. The van der Waals surface area contributed by atoms with Crippen LogP contribution in [0.1, 0.15) is 34.8 Å². The maximum atomic E-state index is 14.9. The number of ether oxygens (including phenoxy) is 1. The molecule has 0 bridgehead atoms. The Morgan fingerprint density at radius 3 is 2.90 bits per heavy atom. The fourth-order valence-corrected chi connectivity index (χ4v) is 3.73. The van der Waals surface area contributed by atoms with Gasteiger partial charge in [-0.15, -0.1) is 0 Å². The van der Waals surface area contributed by atoms with E-state index in [0.717, 1.165) is 24.1 Å². The molecule has 1 N–H and O–H groups in total. The predicted octanol–water partition coefficient (Wildman–Crippen LogP) is 4.15. The molecule has 1 aromatic heterocycles. The molecule has 0 saturated carbocycles. The number of benzene rings is 2. The monoisotopic (exact) mass is 391 g/mol. The number of carbonyl (C=O) groups is 1. The quantitative estimate of drug-likeness (QED) is 0.665. The summed E-state index contributed by atoms with van der Waals surface area (Å²) in [6.45, 7) is 1.86. The van der Waals surface area contributed by atoms with Crippen LogP contribution in [0.15, 0.2) is 55.0 Å². The van der Waals surface area contributed by atoms with E-state index >= 15 is 0 Å². The van der Waals surface area contributed by atoms with Crippen molar-refractivity contribution in [3.05, 3.63) is 83.2 Å². The molecule has 29 heavy (non-hydrogen) atoms. The number of carbonyl (C=O) groups excluding carboxylic acids is 1. The van der Waals surface area contributed by atoms with Gasteiger partial charge in [-0.2, -0.15) is 0 Å². The van der Waals surface area contributed by atoms with Crippen LogP contribution in [-0.4, -0.2) is 22.6 Å². The van der Waals surface area contributed by atoms with Gasteiger partial charge < -0.3 is 14.6 Å². The number of methoxy groups -OCH3 is 1. The summed E-state index contributed by atoms with van der Waals surface area (Å²) in [6.07, 6.45) is 8.05. The van der Waals surface area contributed by atoms with Crippen molar-refractivity contribution in [1.82, 2.24) is 14.9 Å². The molecule has 0 radical (unpaired) electrons. The topological polar surface area (TPSA) is 56.2 Å². The average Bonchev–Trinajstić information content (AvgIpc) is 3.33. The second kappa shape index (κ2) is 7.91. The number of nitrogens with one attached hydrogen (secondary N) is 1. The molecule has 5 nitrogen and oxygen atoms in total. The van der Waals surface area contributed by atoms with E-state index in [9.17, 15) is 9.18 Å². The highest BCUT2D eigenvalue weighted by Crippen LogP contribution is 2.31. The van der Waals surface area contributed by atoms with Crippen LogP contribution < -0.4 is 10.1 Å². The summed E-state index contributed by atoms with van der Waals surface area (Å²) in [4.78, 5) is 16.5. The molecule has 1 aliphatic rings. The molecule has 6 heteroatoms. The third-order valence-corrected chi connectivity index (χ3v) is 5.16. The summed E-state index contributed by atoms with van der Waals surface area (Å²) in [5.41, 5.74) is 4.07. The van der Waals surface area contributed by atoms with Gasteiger partial charge in [0.05, 0.1) is 30.9 Å². The zero-order valence-corrected chi connectivity index (χ0v) is 16.4. The number of halogens is 1. The lowest BCUT2D eigenvalue weighted by molar-refractivity contribution is -0.117. The number of amides is 1. The Balaban J connectivity index is 1.52. The first kappa shape index (κ1) is 18.9. The molecule has 0 saturated heterocycles. The molecule has 1 amide bonds. The lowest BCUT2D eigenvalue weighted by atomic mass is 10.1.